The van der Waals surface area contributed by atoms with Crippen molar-refractivity contribution in [2.24, 2.45) is 0 Å². The Morgan fingerprint density at radius 1 is 0.333 bits per heavy atom. The Hall–Kier alpha value is -7.88. The summed E-state index contributed by atoms with van der Waals surface area (Å²) in [5, 5.41) is 7.30. The van der Waals surface area contributed by atoms with Gasteiger partial charge >= 0.3 is 0 Å². The average Bonchev–Trinajstić information content (AvgIpc) is 3.70. The van der Waals surface area contributed by atoms with Crippen LogP contribution in [-0.4, -0.2) is 4.57 Å². The molecule has 0 radical (unpaired) electrons. The predicted molar refractivity (Wildman–Crippen MR) is 297 cm³/mol. The molecule has 1 aromatic heterocycles. The maximum absolute atomic E-state index is 2.53. The van der Waals surface area contributed by atoms with Crippen LogP contribution in [0.5, 0.6) is 0 Å². The highest BCUT2D eigenvalue weighted by atomic mass is 15.2. The molecule has 3 heteroatoms. The molecule has 0 aliphatic carbocycles. The summed E-state index contributed by atoms with van der Waals surface area (Å²) in [6, 6.07) is 78.9. The summed E-state index contributed by atoms with van der Waals surface area (Å²) < 4.78 is 2.53. The van der Waals surface area contributed by atoms with Crippen LogP contribution in [0.15, 0.2) is 212 Å². The van der Waals surface area contributed by atoms with Crippen molar-refractivity contribution in [3.05, 3.63) is 235 Å². The lowest BCUT2D eigenvalue weighted by Gasteiger charge is -2.29. The Morgan fingerprint density at radius 2 is 0.696 bits per heavy atom. The summed E-state index contributed by atoms with van der Waals surface area (Å²) in [5.41, 5.74) is 17.7. The van der Waals surface area contributed by atoms with Gasteiger partial charge in [0.2, 0.25) is 0 Å². The van der Waals surface area contributed by atoms with Gasteiger partial charge in [0.25, 0.3) is 0 Å². The van der Waals surface area contributed by atoms with Gasteiger partial charge in [0.15, 0.2) is 0 Å². The van der Waals surface area contributed by atoms with Gasteiger partial charge in [-0.05, 0) is 129 Å². The van der Waals surface area contributed by atoms with Crippen molar-refractivity contribution < 1.29 is 0 Å². The molecule has 0 amide bonds. The quantitative estimate of drug-likeness (QED) is 0.151. The van der Waals surface area contributed by atoms with Crippen LogP contribution in [0.4, 0.5) is 34.1 Å². The molecule has 0 saturated carbocycles. The number of aromatic nitrogens is 1. The Bertz CT molecular complexity index is 3470. The molecule has 3 nitrogen and oxygen atoms in total. The van der Waals surface area contributed by atoms with Crippen molar-refractivity contribution in [1.82, 2.24) is 4.57 Å². The zero-order valence-electron chi connectivity index (χ0n) is 41.0. The van der Waals surface area contributed by atoms with Crippen LogP contribution in [-0.2, 0) is 10.8 Å². The maximum atomic E-state index is 2.53. The molecule has 0 spiro atoms. The molecule has 1 heterocycles. The minimum Gasteiger partial charge on any atom is -0.310 e. The van der Waals surface area contributed by atoms with Gasteiger partial charge in [-0.25, -0.2) is 0 Å². The molecule has 0 aliphatic rings. The minimum atomic E-state index is 0.0287. The van der Waals surface area contributed by atoms with Crippen LogP contribution in [0.3, 0.4) is 0 Å². The Labute approximate surface area is 407 Å². The summed E-state index contributed by atoms with van der Waals surface area (Å²) in [6.07, 6.45) is 0. The number of fused-ring (bicyclic) bond motifs is 7. The monoisotopic (exact) mass is 893 g/mol. The first-order chi connectivity index (χ1) is 33.3. The lowest BCUT2D eigenvalue weighted by Crippen LogP contribution is -2.14. The summed E-state index contributed by atoms with van der Waals surface area (Å²) >= 11 is 0. The maximum Gasteiger partial charge on any atom is 0.0568 e. The Kier molecular flexibility index (Phi) is 10.8. The smallest absolute Gasteiger partial charge is 0.0568 e. The number of nitrogens with zero attached hydrogens (tertiary/aromatic N) is 3. The van der Waals surface area contributed by atoms with E-state index in [0.29, 0.717) is 0 Å². The van der Waals surface area contributed by atoms with E-state index < -0.39 is 0 Å². The summed E-state index contributed by atoms with van der Waals surface area (Å²) in [7, 11) is 0. The fourth-order valence-corrected chi connectivity index (χ4v) is 10.4. The van der Waals surface area contributed by atoms with Crippen LogP contribution in [0.25, 0.3) is 60.2 Å². The summed E-state index contributed by atoms with van der Waals surface area (Å²) in [5.74, 6) is 0. The topological polar surface area (TPSA) is 11.4 Å². The van der Waals surface area contributed by atoms with E-state index in [1.165, 1.54) is 65.7 Å². The lowest BCUT2D eigenvalue weighted by molar-refractivity contribution is 0.590. The van der Waals surface area contributed by atoms with E-state index in [0.717, 1.165) is 50.8 Å². The summed E-state index contributed by atoms with van der Waals surface area (Å²) in [6.45, 7) is 18.2. The first-order valence-electron chi connectivity index (χ1n) is 24.4. The van der Waals surface area contributed by atoms with Crippen LogP contribution in [0.2, 0.25) is 0 Å². The Morgan fingerprint density at radius 3 is 1.10 bits per heavy atom. The van der Waals surface area contributed by atoms with Gasteiger partial charge < -0.3 is 14.4 Å². The molecular formula is C66H59N3. The number of rotatable bonds is 8. The number of hydrogen-bond acceptors (Lipinski definition) is 2. The molecule has 0 unspecified atom stereocenters. The summed E-state index contributed by atoms with van der Waals surface area (Å²) in [4.78, 5) is 4.96. The van der Waals surface area contributed by atoms with Gasteiger partial charge in [0.05, 0.1) is 22.4 Å². The number of para-hydroxylation sites is 2. The molecule has 0 atom stereocenters. The molecule has 0 aliphatic heterocycles. The normalized spacial score (nSPS) is 12.1. The van der Waals surface area contributed by atoms with E-state index in [4.69, 9.17) is 0 Å². The molecule has 0 fully saturated rings. The molecule has 0 saturated heterocycles. The van der Waals surface area contributed by atoms with Gasteiger partial charge in [-0.1, -0.05) is 193 Å². The molecule has 0 N–H and O–H groups in total. The third-order valence-corrected chi connectivity index (χ3v) is 14.1. The second-order valence-electron chi connectivity index (χ2n) is 20.8. The van der Waals surface area contributed by atoms with Crippen molar-refractivity contribution >= 4 is 77.5 Å². The fourth-order valence-electron chi connectivity index (χ4n) is 10.4. The molecule has 0 bridgehead atoms. The highest BCUT2D eigenvalue weighted by Gasteiger charge is 2.27. The molecule has 11 aromatic rings. The van der Waals surface area contributed by atoms with E-state index in [1.807, 2.05) is 0 Å². The van der Waals surface area contributed by atoms with E-state index in [-0.39, 0.29) is 10.8 Å². The minimum absolute atomic E-state index is 0.0287. The van der Waals surface area contributed by atoms with Gasteiger partial charge in [0.1, 0.15) is 0 Å². The Balaban J connectivity index is 1.28. The van der Waals surface area contributed by atoms with Crippen LogP contribution >= 0.6 is 0 Å². The van der Waals surface area contributed by atoms with Crippen LogP contribution < -0.4 is 9.80 Å². The second-order valence-corrected chi connectivity index (χ2v) is 20.8. The number of anilines is 6. The first-order valence-corrected chi connectivity index (χ1v) is 24.4. The van der Waals surface area contributed by atoms with Gasteiger partial charge in [-0.3, -0.25) is 0 Å². The standard InChI is InChI=1S/C66H59N3/c1-44-20-12-18-28-57(44)67(51-38-32-48(33-39-51)65(3,4)5)59-42-61-63(55-26-16-14-24-53(55)59)64-56-27-17-15-25-54(56)60(43-62(64)69(61)50-36-30-47(31-37-50)46-22-10-9-11-23-46)68(58-29-19-13-21-45(58)2)52-40-34-49(35-41-52)66(6,7)8/h9-43H,1-8H3. The van der Waals surface area contributed by atoms with Crippen LogP contribution in [0, 0.1) is 13.8 Å². The van der Waals surface area contributed by atoms with Crippen molar-refractivity contribution in [2.45, 2.75) is 66.2 Å². The third-order valence-electron chi connectivity index (χ3n) is 14.1. The average molecular weight is 894 g/mol. The molecule has 10 aromatic carbocycles. The van der Waals surface area contributed by atoms with Gasteiger partial charge in [-0.15, -0.1) is 0 Å². The van der Waals surface area contributed by atoms with Gasteiger partial charge in [-0.2, -0.15) is 0 Å². The zero-order valence-corrected chi connectivity index (χ0v) is 41.0. The SMILES string of the molecule is Cc1ccccc1N(c1ccc(C(C)(C)C)cc1)c1cc2c(c3ccccc13)c1c3ccccc3c(N(c3ccc(C(C)(C)C)cc3)c3ccccc3C)cc1n2-c1ccc(-c2ccccc2)cc1. The van der Waals surface area contributed by atoms with Crippen LogP contribution in [0.1, 0.15) is 63.8 Å². The number of hydrogen-bond donors (Lipinski definition) is 0. The predicted octanol–water partition coefficient (Wildman–Crippen LogP) is 18.9. The largest absolute Gasteiger partial charge is 0.310 e. The van der Waals surface area contributed by atoms with Crippen molar-refractivity contribution in [1.29, 1.82) is 0 Å². The first kappa shape index (κ1) is 43.7. The van der Waals surface area contributed by atoms with E-state index >= 15 is 0 Å². The highest BCUT2D eigenvalue weighted by Crippen LogP contribution is 2.51. The second kappa shape index (κ2) is 17.0. The lowest BCUT2D eigenvalue weighted by atomic mass is 9.87. The van der Waals surface area contributed by atoms with Crippen molar-refractivity contribution in [2.75, 3.05) is 9.80 Å². The van der Waals surface area contributed by atoms with E-state index in [1.54, 1.807) is 0 Å². The number of benzene rings is 10. The third kappa shape index (κ3) is 7.73. The van der Waals surface area contributed by atoms with Gasteiger partial charge in [0, 0.05) is 50.0 Å². The molecule has 11 rings (SSSR count). The fraction of sp³-hybridized carbons (Fsp3) is 0.152. The highest BCUT2D eigenvalue weighted by molar-refractivity contribution is 6.32. The molecule has 69 heavy (non-hydrogen) atoms. The molecular weight excluding hydrogens is 835 g/mol. The zero-order chi connectivity index (χ0) is 47.6. The van der Waals surface area contributed by atoms with Crippen molar-refractivity contribution in [3.8, 4) is 16.8 Å². The number of aryl methyl sites for hydroxylation is 2. The van der Waals surface area contributed by atoms with E-state index in [9.17, 15) is 0 Å². The van der Waals surface area contributed by atoms with Crippen molar-refractivity contribution in [3.63, 3.8) is 0 Å². The molecule has 338 valence electrons. The van der Waals surface area contributed by atoms with E-state index in [2.05, 4.69) is 282 Å².